The van der Waals surface area contributed by atoms with Crippen LogP contribution in [0.4, 0.5) is 0 Å². The van der Waals surface area contributed by atoms with Crippen LogP contribution in [0.2, 0.25) is 5.15 Å². The molecule has 1 aromatic carbocycles. The van der Waals surface area contributed by atoms with Crippen LogP contribution in [0.25, 0.3) is 0 Å². The van der Waals surface area contributed by atoms with Gasteiger partial charge in [0.1, 0.15) is 11.0 Å². The number of benzene rings is 1. The van der Waals surface area contributed by atoms with Gasteiger partial charge in [-0.25, -0.2) is 4.98 Å². The second-order valence-electron chi connectivity index (χ2n) is 3.93. The minimum atomic E-state index is 0.0810. The summed E-state index contributed by atoms with van der Waals surface area (Å²) in [5, 5.41) is 0.628. The van der Waals surface area contributed by atoms with E-state index in [-0.39, 0.29) is 5.78 Å². The van der Waals surface area contributed by atoms with Gasteiger partial charge in [0.25, 0.3) is 0 Å². The summed E-state index contributed by atoms with van der Waals surface area (Å²) in [5.41, 5.74) is 0.734. The van der Waals surface area contributed by atoms with Crippen LogP contribution in [-0.2, 0) is 12.8 Å². The second kappa shape index (κ2) is 5.59. The smallest absolute Gasteiger partial charge is 0.159 e. The zero-order valence-electron chi connectivity index (χ0n) is 10.2. The Kier molecular flexibility index (Phi) is 4.09. The lowest BCUT2D eigenvalue weighted by Gasteiger charge is -2.04. The Morgan fingerprint density at radius 3 is 2.89 bits per heavy atom. The van der Waals surface area contributed by atoms with E-state index in [0.717, 1.165) is 22.0 Å². The van der Waals surface area contributed by atoms with Crippen molar-refractivity contribution in [3.8, 4) is 0 Å². The van der Waals surface area contributed by atoms with Crippen molar-refractivity contribution in [2.24, 2.45) is 7.05 Å². The Balaban J connectivity index is 2.08. The monoisotopic (exact) mass is 280 g/mol. The van der Waals surface area contributed by atoms with Crippen molar-refractivity contribution in [3.63, 3.8) is 0 Å². The SMILES string of the molecule is CC(=O)c1cccc(SCc2ncc(Cl)n2C)c1. The molecule has 0 N–H and O–H groups in total. The van der Waals surface area contributed by atoms with Crippen molar-refractivity contribution in [2.75, 3.05) is 0 Å². The maximum atomic E-state index is 11.3. The first-order chi connectivity index (χ1) is 8.58. The Labute approximate surface area is 115 Å². The van der Waals surface area contributed by atoms with Gasteiger partial charge in [0.15, 0.2) is 5.78 Å². The number of imidazole rings is 1. The van der Waals surface area contributed by atoms with Gasteiger partial charge in [0.2, 0.25) is 0 Å². The van der Waals surface area contributed by atoms with Gasteiger partial charge >= 0.3 is 0 Å². The molecule has 2 rings (SSSR count). The third-order valence-corrected chi connectivity index (χ3v) is 3.98. The molecule has 94 valence electrons. The maximum Gasteiger partial charge on any atom is 0.159 e. The maximum absolute atomic E-state index is 11.3. The standard InChI is InChI=1S/C13H13ClN2OS/c1-9(17)10-4-3-5-11(6-10)18-8-13-15-7-12(14)16(13)2/h3-7H,8H2,1-2H3. The molecule has 0 radical (unpaired) electrons. The van der Waals surface area contributed by atoms with Crippen molar-refractivity contribution in [1.29, 1.82) is 0 Å². The summed E-state index contributed by atoms with van der Waals surface area (Å²) < 4.78 is 1.85. The van der Waals surface area contributed by atoms with Gasteiger partial charge in [0.05, 0.1) is 11.9 Å². The van der Waals surface area contributed by atoms with Crippen molar-refractivity contribution in [2.45, 2.75) is 17.6 Å². The zero-order valence-corrected chi connectivity index (χ0v) is 11.8. The summed E-state index contributed by atoms with van der Waals surface area (Å²) in [6.07, 6.45) is 1.64. The molecule has 1 aromatic heterocycles. The lowest BCUT2D eigenvalue weighted by atomic mass is 10.2. The second-order valence-corrected chi connectivity index (χ2v) is 5.36. The molecule has 0 amide bonds. The van der Waals surface area contributed by atoms with E-state index in [1.165, 1.54) is 0 Å². The first-order valence-electron chi connectivity index (χ1n) is 5.48. The van der Waals surface area contributed by atoms with Gasteiger partial charge in [-0.3, -0.25) is 4.79 Å². The van der Waals surface area contributed by atoms with Crippen LogP contribution in [0.1, 0.15) is 23.1 Å². The molecule has 0 fully saturated rings. The fraction of sp³-hybridized carbons (Fsp3) is 0.231. The average Bonchev–Trinajstić information content (AvgIpc) is 2.68. The minimum Gasteiger partial charge on any atom is -0.322 e. The molecule has 0 unspecified atom stereocenters. The highest BCUT2D eigenvalue weighted by Gasteiger charge is 2.06. The topological polar surface area (TPSA) is 34.9 Å². The van der Waals surface area contributed by atoms with Crippen LogP contribution in [0, 0.1) is 0 Å². The van der Waals surface area contributed by atoms with E-state index in [9.17, 15) is 4.79 Å². The molecule has 1 heterocycles. The van der Waals surface area contributed by atoms with Gasteiger partial charge in [0, 0.05) is 17.5 Å². The molecule has 0 bridgehead atoms. The van der Waals surface area contributed by atoms with Crippen LogP contribution in [-0.4, -0.2) is 15.3 Å². The number of carbonyl (C=O) groups excluding carboxylic acids is 1. The number of thioether (sulfide) groups is 1. The minimum absolute atomic E-state index is 0.0810. The molecule has 0 aliphatic rings. The summed E-state index contributed by atoms with van der Waals surface area (Å²) in [5.74, 6) is 1.72. The molecule has 18 heavy (non-hydrogen) atoms. The zero-order chi connectivity index (χ0) is 13.1. The number of aromatic nitrogens is 2. The highest BCUT2D eigenvalue weighted by molar-refractivity contribution is 7.98. The molecular formula is C13H13ClN2OS. The first kappa shape index (κ1) is 13.2. The van der Waals surface area contributed by atoms with Crippen molar-refractivity contribution in [1.82, 2.24) is 9.55 Å². The van der Waals surface area contributed by atoms with Gasteiger partial charge in [-0.05, 0) is 19.1 Å². The van der Waals surface area contributed by atoms with Crippen molar-refractivity contribution in [3.05, 3.63) is 47.0 Å². The Morgan fingerprint density at radius 1 is 1.50 bits per heavy atom. The molecule has 0 spiro atoms. The average molecular weight is 281 g/mol. The van der Waals surface area contributed by atoms with Crippen molar-refractivity contribution < 1.29 is 4.79 Å². The number of nitrogens with zero attached hydrogens (tertiary/aromatic N) is 2. The largest absolute Gasteiger partial charge is 0.322 e. The lowest BCUT2D eigenvalue weighted by Crippen LogP contribution is -1.96. The molecule has 3 nitrogen and oxygen atoms in total. The van der Waals surface area contributed by atoms with Crippen LogP contribution in [0.5, 0.6) is 0 Å². The Hall–Kier alpha value is -1.26. The summed E-state index contributed by atoms with van der Waals surface area (Å²) in [4.78, 5) is 16.6. The first-order valence-corrected chi connectivity index (χ1v) is 6.84. The van der Waals surface area contributed by atoms with E-state index in [4.69, 9.17) is 11.6 Å². The molecule has 0 atom stereocenters. The van der Waals surface area contributed by atoms with Gasteiger partial charge in [-0.1, -0.05) is 23.7 Å². The number of Topliss-reactive ketones (excluding diaryl/α,β-unsaturated/α-hetero) is 1. The number of halogens is 1. The van der Waals surface area contributed by atoms with Crippen LogP contribution >= 0.6 is 23.4 Å². The molecule has 0 aliphatic carbocycles. The quantitative estimate of drug-likeness (QED) is 0.634. The Bertz CT molecular complexity index is 580. The van der Waals surface area contributed by atoms with Gasteiger partial charge in [-0.15, -0.1) is 11.8 Å². The number of hydrogen-bond donors (Lipinski definition) is 0. The molecule has 2 aromatic rings. The van der Waals surface area contributed by atoms with Crippen molar-refractivity contribution >= 4 is 29.1 Å². The van der Waals surface area contributed by atoms with E-state index in [1.807, 2.05) is 35.9 Å². The molecular weight excluding hydrogens is 268 g/mol. The third-order valence-electron chi connectivity index (χ3n) is 2.64. The summed E-state index contributed by atoms with van der Waals surface area (Å²) in [6.45, 7) is 1.57. The van der Waals surface area contributed by atoms with E-state index < -0.39 is 0 Å². The molecule has 0 saturated heterocycles. The highest BCUT2D eigenvalue weighted by atomic mass is 35.5. The predicted molar refractivity (Wildman–Crippen MR) is 74.2 cm³/mol. The van der Waals surface area contributed by atoms with E-state index in [2.05, 4.69) is 4.98 Å². The van der Waals surface area contributed by atoms with Crippen LogP contribution in [0.3, 0.4) is 0 Å². The van der Waals surface area contributed by atoms with Crippen LogP contribution < -0.4 is 0 Å². The molecule has 0 aliphatic heterocycles. The summed E-state index contributed by atoms with van der Waals surface area (Å²) >= 11 is 7.56. The van der Waals surface area contributed by atoms with E-state index in [1.54, 1.807) is 24.9 Å². The fourth-order valence-corrected chi connectivity index (χ4v) is 2.61. The summed E-state index contributed by atoms with van der Waals surface area (Å²) in [6, 6.07) is 7.60. The van der Waals surface area contributed by atoms with Gasteiger partial charge in [-0.2, -0.15) is 0 Å². The van der Waals surface area contributed by atoms with Crippen LogP contribution in [0.15, 0.2) is 35.4 Å². The normalized spacial score (nSPS) is 10.6. The Morgan fingerprint density at radius 2 is 2.28 bits per heavy atom. The fourth-order valence-electron chi connectivity index (χ4n) is 1.51. The number of hydrogen-bond acceptors (Lipinski definition) is 3. The number of carbonyl (C=O) groups is 1. The molecule has 5 heteroatoms. The van der Waals surface area contributed by atoms with E-state index >= 15 is 0 Å². The number of ketones is 1. The highest BCUT2D eigenvalue weighted by Crippen LogP contribution is 2.24. The predicted octanol–water partition coefficient (Wildman–Crippen LogP) is 3.57. The lowest BCUT2D eigenvalue weighted by molar-refractivity contribution is 0.101. The summed E-state index contributed by atoms with van der Waals surface area (Å²) in [7, 11) is 1.89. The number of rotatable bonds is 4. The molecule has 0 saturated carbocycles. The van der Waals surface area contributed by atoms with E-state index in [0.29, 0.717) is 5.15 Å². The van der Waals surface area contributed by atoms with Gasteiger partial charge < -0.3 is 4.57 Å². The third kappa shape index (κ3) is 2.94.